The largest absolute Gasteiger partial charge is 0.497 e. The molecule has 1 N–H and O–H groups in total. The number of methoxy groups -OCH3 is 2. The fourth-order valence-electron chi connectivity index (χ4n) is 2.24. The molecule has 0 saturated carbocycles. The van der Waals surface area contributed by atoms with Crippen molar-refractivity contribution in [3.05, 3.63) is 23.8 Å². The fraction of sp³-hybridized carbons (Fsp3) is 0.538. The predicted octanol–water partition coefficient (Wildman–Crippen LogP) is 1.86. The zero-order valence-electron chi connectivity index (χ0n) is 9.95. The molecule has 0 amide bonds. The summed E-state index contributed by atoms with van der Waals surface area (Å²) < 4.78 is 10.6. The van der Waals surface area contributed by atoms with E-state index in [1.165, 1.54) is 12.0 Å². The third kappa shape index (κ3) is 2.47. The molecular formula is C13H19NO2. The van der Waals surface area contributed by atoms with Crippen molar-refractivity contribution in [1.29, 1.82) is 0 Å². The van der Waals surface area contributed by atoms with Crippen molar-refractivity contribution in [3.63, 3.8) is 0 Å². The van der Waals surface area contributed by atoms with Gasteiger partial charge in [-0.05, 0) is 55.6 Å². The maximum absolute atomic E-state index is 5.38. The number of hydrogen-bond donors (Lipinski definition) is 1. The Morgan fingerprint density at radius 1 is 1.31 bits per heavy atom. The van der Waals surface area contributed by atoms with Gasteiger partial charge in [-0.15, -0.1) is 0 Å². The average molecular weight is 221 g/mol. The number of ether oxygens (including phenoxy) is 2. The predicted molar refractivity (Wildman–Crippen MR) is 64.2 cm³/mol. The van der Waals surface area contributed by atoms with Crippen LogP contribution in [0.1, 0.15) is 12.0 Å². The first-order valence-electron chi connectivity index (χ1n) is 5.75. The van der Waals surface area contributed by atoms with E-state index in [-0.39, 0.29) is 0 Å². The Hall–Kier alpha value is -1.22. The highest BCUT2D eigenvalue weighted by Crippen LogP contribution is 2.27. The van der Waals surface area contributed by atoms with E-state index in [0.717, 1.165) is 36.9 Å². The van der Waals surface area contributed by atoms with E-state index >= 15 is 0 Å². The first-order chi connectivity index (χ1) is 7.83. The summed E-state index contributed by atoms with van der Waals surface area (Å²) >= 11 is 0. The summed E-state index contributed by atoms with van der Waals surface area (Å²) in [5, 5.41) is 3.39. The standard InChI is InChI=1S/C13H19NO2/c1-15-12-3-4-13(16-2)11(8-12)7-10-5-6-14-9-10/h3-4,8,10,14H,5-7,9H2,1-2H3. The van der Waals surface area contributed by atoms with Gasteiger partial charge in [-0.25, -0.2) is 0 Å². The molecular weight excluding hydrogens is 202 g/mol. The molecule has 1 atom stereocenters. The molecule has 1 fully saturated rings. The van der Waals surface area contributed by atoms with Crippen LogP contribution in [0.15, 0.2) is 18.2 Å². The average Bonchev–Trinajstić information content (AvgIpc) is 2.82. The first kappa shape index (κ1) is 11.3. The summed E-state index contributed by atoms with van der Waals surface area (Å²) in [5.74, 6) is 2.59. The molecule has 1 heterocycles. The van der Waals surface area contributed by atoms with Crippen LogP contribution in [0.3, 0.4) is 0 Å². The Labute approximate surface area is 96.8 Å². The van der Waals surface area contributed by atoms with E-state index < -0.39 is 0 Å². The van der Waals surface area contributed by atoms with Crippen LogP contribution in [0, 0.1) is 5.92 Å². The Kier molecular flexibility index (Phi) is 3.67. The second kappa shape index (κ2) is 5.21. The SMILES string of the molecule is COc1ccc(OC)c(CC2CCNC2)c1. The summed E-state index contributed by atoms with van der Waals surface area (Å²) in [5.41, 5.74) is 1.25. The van der Waals surface area contributed by atoms with Gasteiger partial charge in [0.1, 0.15) is 11.5 Å². The molecule has 0 aliphatic carbocycles. The lowest BCUT2D eigenvalue weighted by Crippen LogP contribution is -2.11. The number of rotatable bonds is 4. The normalized spacial score (nSPS) is 19.8. The van der Waals surface area contributed by atoms with Crippen molar-refractivity contribution in [2.24, 2.45) is 5.92 Å². The molecule has 2 rings (SSSR count). The quantitative estimate of drug-likeness (QED) is 0.841. The molecule has 1 unspecified atom stereocenters. The maximum atomic E-state index is 5.38. The lowest BCUT2D eigenvalue weighted by atomic mass is 9.98. The third-order valence-electron chi connectivity index (χ3n) is 3.16. The maximum Gasteiger partial charge on any atom is 0.122 e. The Balaban J connectivity index is 2.15. The second-order valence-corrected chi connectivity index (χ2v) is 4.24. The van der Waals surface area contributed by atoms with Gasteiger partial charge in [0, 0.05) is 0 Å². The van der Waals surface area contributed by atoms with E-state index in [2.05, 4.69) is 11.4 Å². The van der Waals surface area contributed by atoms with Gasteiger partial charge in [0.25, 0.3) is 0 Å². The molecule has 1 aliphatic heterocycles. The van der Waals surface area contributed by atoms with Gasteiger partial charge in [0.2, 0.25) is 0 Å². The lowest BCUT2D eigenvalue weighted by Gasteiger charge is -2.13. The molecule has 0 radical (unpaired) electrons. The zero-order chi connectivity index (χ0) is 11.4. The number of benzene rings is 1. The summed E-state index contributed by atoms with van der Waals surface area (Å²) in [6.45, 7) is 2.25. The molecule has 3 nitrogen and oxygen atoms in total. The molecule has 16 heavy (non-hydrogen) atoms. The minimum Gasteiger partial charge on any atom is -0.497 e. The molecule has 0 spiro atoms. The summed E-state index contributed by atoms with van der Waals surface area (Å²) in [4.78, 5) is 0. The Morgan fingerprint density at radius 2 is 2.19 bits per heavy atom. The van der Waals surface area contributed by atoms with Crippen LogP contribution in [-0.2, 0) is 6.42 Å². The molecule has 1 aromatic rings. The Morgan fingerprint density at radius 3 is 2.81 bits per heavy atom. The fourth-order valence-corrected chi connectivity index (χ4v) is 2.24. The van der Waals surface area contributed by atoms with Gasteiger partial charge in [-0.3, -0.25) is 0 Å². The van der Waals surface area contributed by atoms with Crippen molar-refractivity contribution < 1.29 is 9.47 Å². The van der Waals surface area contributed by atoms with Crippen LogP contribution in [-0.4, -0.2) is 27.3 Å². The monoisotopic (exact) mass is 221 g/mol. The van der Waals surface area contributed by atoms with E-state index in [1.807, 2.05) is 12.1 Å². The molecule has 3 heteroatoms. The topological polar surface area (TPSA) is 30.5 Å². The van der Waals surface area contributed by atoms with Gasteiger partial charge in [-0.1, -0.05) is 0 Å². The zero-order valence-corrected chi connectivity index (χ0v) is 9.95. The van der Waals surface area contributed by atoms with Crippen LogP contribution in [0.5, 0.6) is 11.5 Å². The van der Waals surface area contributed by atoms with E-state index in [0.29, 0.717) is 0 Å². The summed E-state index contributed by atoms with van der Waals surface area (Å²) in [6, 6.07) is 6.00. The van der Waals surface area contributed by atoms with Crippen molar-refractivity contribution in [2.45, 2.75) is 12.8 Å². The highest BCUT2D eigenvalue weighted by atomic mass is 16.5. The molecule has 1 aromatic carbocycles. The summed E-state index contributed by atoms with van der Waals surface area (Å²) in [6.07, 6.45) is 2.31. The lowest BCUT2D eigenvalue weighted by molar-refractivity contribution is 0.395. The molecule has 88 valence electrons. The highest BCUT2D eigenvalue weighted by Gasteiger charge is 2.17. The number of hydrogen-bond acceptors (Lipinski definition) is 3. The second-order valence-electron chi connectivity index (χ2n) is 4.24. The first-order valence-corrected chi connectivity index (χ1v) is 5.75. The van der Waals surface area contributed by atoms with Gasteiger partial charge < -0.3 is 14.8 Å². The molecule has 0 aromatic heterocycles. The summed E-state index contributed by atoms with van der Waals surface area (Å²) in [7, 11) is 3.42. The number of nitrogens with one attached hydrogen (secondary N) is 1. The van der Waals surface area contributed by atoms with E-state index in [9.17, 15) is 0 Å². The Bertz CT molecular complexity index is 346. The van der Waals surface area contributed by atoms with Gasteiger partial charge in [0.15, 0.2) is 0 Å². The van der Waals surface area contributed by atoms with Gasteiger partial charge in [0.05, 0.1) is 14.2 Å². The van der Waals surface area contributed by atoms with Crippen molar-refractivity contribution in [2.75, 3.05) is 27.3 Å². The van der Waals surface area contributed by atoms with Crippen LogP contribution in [0.2, 0.25) is 0 Å². The van der Waals surface area contributed by atoms with Crippen molar-refractivity contribution in [1.82, 2.24) is 5.32 Å². The third-order valence-corrected chi connectivity index (χ3v) is 3.16. The molecule has 1 aliphatic rings. The molecule has 0 bridgehead atoms. The van der Waals surface area contributed by atoms with Crippen molar-refractivity contribution >= 4 is 0 Å². The van der Waals surface area contributed by atoms with Crippen LogP contribution < -0.4 is 14.8 Å². The van der Waals surface area contributed by atoms with Crippen molar-refractivity contribution in [3.8, 4) is 11.5 Å². The minimum atomic E-state index is 0.723. The van der Waals surface area contributed by atoms with E-state index in [1.54, 1.807) is 14.2 Å². The van der Waals surface area contributed by atoms with Gasteiger partial charge in [-0.2, -0.15) is 0 Å². The molecule has 1 saturated heterocycles. The van der Waals surface area contributed by atoms with Gasteiger partial charge >= 0.3 is 0 Å². The van der Waals surface area contributed by atoms with E-state index in [4.69, 9.17) is 9.47 Å². The minimum absolute atomic E-state index is 0.723. The van der Waals surface area contributed by atoms with Crippen LogP contribution >= 0.6 is 0 Å². The van der Waals surface area contributed by atoms with Crippen LogP contribution in [0.25, 0.3) is 0 Å². The highest BCUT2D eigenvalue weighted by molar-refractivity contribution is 5.40. The van der Waals surface area contributed by atoms with Crippen LogP contribution in [0.4, 0.5) is 0 Å². The smallest absolute Gasteiger partial charge is 0.122 e.